The van der Waals surface area contributed by atoms with Crippen molar-refractivity contribution < 1.29 is 91.2 Å². The van der Waals surface area contributed by atoms with Gasteiger partial charge in [0.15, 0.2) is 0 Å². The van der Waals surface area contributed by atoms with E-state index in [1.54, 1.807) is 58.5 Å². The summed E-state index contributed by atoms with van der Waals surface area (Å²) in [4.78, 5) is 80.9. The van der Waals surface area contributed by atoms with E-state index in [4.69, 9.17) is 48.7 Å². The standard InChI is InChI=1S/C31H38N6O3.C26H30N6O.C22H23BrN4O.C10H16BNO2.C6H14O2.2C2HF3O2.C2H6/c1-20-29-25-10-9-23(22-11-14-36(15-12-22)30(39)40-31(2,3)4)19-26(25)27(13-16-37(29)35-34-20)33-24-8-6-7-21(17-24)18-28(38)32-5;1-17-26-22-7-6-20(19-8-11-28-12-9-19)16-23(22)24(10-13-32(26)31-30-17)29-21-5-3-4-18(14-21)15-25(33)27-2;1-3-18(28)12-15-5-4-6-17(11-15)24-21-9-10-27-22(14(2)25-26-27)19-8-7-16(23)13-20(19)21;1-10(2,3)14-9(13)12-6-4-8(11)5-7-12;1-5(2,7)6(3,4)8;2*3-2(4,5)1(6)7;1-2/h6-11,17,19,27,33H,12-16,18H2,1-5H3,(H,32,38);3-8,14,16,24,28-29H,9-13,15H2,1-2H3,(H,27,33);4-8,11,13,21,24H,3,9-10,12H2,1-2H3;4H,5-7H2,1-3H3;7-8H,1-4H3;2*(H,6,7);1-2H3/i;;;;;;;1D. The fourth-order valence-electron chi connectivity index (χ4n) is 15.2. The van der Waals surface area contributed by atoms with Crippen LogP contribution < -0.4 is 31.9 Å². The van der Waals surface area contributed by atoms with Gasteiger partial charge in [0.25, 0.3) is 0 Å². The number of hydrogen-bond acceptors (Lipinski definition) is 21. The fraction of sp³-hybridized carbons (Fsp3) is 0.455. The quantitative estimate of drug-likeness (QED) is 0.0317. The van der Waals surface area contributed by atoms with Crippen molar-refractivity contribution in [3.63, 3.8) is 0 Å². The molecule has 38 heteroatoms. The Balaban J connectivity index is 0.000000217. The van der Waals surface area contributed by atoms with Crippen LogP contribution in [0.5, 0.6) is 0 Å². The third-order valence-corrected chi connectivity index (χ3v) is 23.5. The summed E-state index contributed by atoms with van der Waals surface area (Å²) in [5.41, 5.74) is 22.2. The molecule has 6 aromatic carbocycles. The van der Waals surface area contributed by atoms with E-state index in [9.17, 15) is 50.3 Å². The summed E-state index contributed by atoms with van der Waals surface area (Å²) in [6.07, 6.45) is 2.51. The summed E-state index contributed by atoms with van der Waals surface area (Å²) < 4.78 is 87.6. The molecule has 9 aromatic rings. The predicted octanol–water partition coefficient (Wildman–Crippen LogP) is 18.2. The van der Waals surface area contributed by atoms with E-state index in [1.807, 2.05) is 138 Å². The zero-order valence-corrected chi connectivity index (χ0v) is 83.4. The molecule has 139 heavy (non-hydrogen) atoms. The number of carbonyl (C=O) groups is 7. The van der Waals surface area contributed by atoms with E-state index in [-0.39, 0.29) is 47.9 Å². The monoisotopic (exact) mass is 1990 g/mol. The molecule has 3 atom stereocenters. The van der Waals surface area contributed by atoms with Crippen LogP contribution in [0.2, 0.25) is 0 Å². The molecule has 0 aliphatic carbocycles. The Morgan fingerprint density at radius 1 is 0.504 bits per heavy atom. The molecule has 15 rings (SSSR count). The molecule has 10 N–H and O–H groups in total. The van der Waals surface area contributed by atoms with E-state index in [2.05, 4.69) is 170 Å². The lowest BCUT2D eigenvalue weighted by atomic mass is 9.90. The van der Waals surface area contributed by atoms with Gasteiger partial charge in [0.05, 0.1) is 76.3 Å². The van der Waals surface area contributed by atoms with Gasteiger partial charge in [-0.1, -0.05) is 137 Å². The number of anilines is 3. The number of aliphatic carboxylic acids is 2. The average Bonchev–Trinajstić information content (AvgIpc) is 1.61. The van der Waals surface area contributed by atoms with Gasteiger partial charge in [-0.15, -0.1) is 20.8 Å². The van der Waals surface area contributed by atoms with Crippen molar-refractivity contribution >= 4 is 93.7 Å². The number of aryl methyl sites for hydroxylation is 6. The first-order valence-corrected chi connectivity index (χ1v) is 46.6. The van der Waals surface area contributed by atoms with Gasteiger partial charge in [-0.25, -0.2) is 33.2 Å². The number of hydrogen-bond donors (Lipinski definition) is 10. The highest BCUT2D eigenvalue weighted by molar-refractivity contribution is 9.10. The molecular formula is C101H129BBrF6N17O13. The molecule has 0 spiro atoms. The topological polar surface area (TPSA) is 390 Å². The third kappa shape index (κ3) is 33.3. The maximum absolute atomic E-state index is 12.6. The lowest BCUT2D eigenvalue weighted by molar-refractivity contribution is -0.193. The number of Topliss-reactive ketones (excluding diaryl/α,β-unsaturated/α-hetero) is 1. The van der Waals surface area contributed by atoms with Crippen LogP contribution in [0.25, 0.3) is 44.9 Å². The van der Waals surface area contributed by atoms with Crippen molar-refractivity contribution in [1.29, 1.82) is 0 Å². The number of rotatable bonds is 16. The Bertz CT molecular complexity index is 5840. The summed E-state index contributed by atoms with van der Waals surface area (Å²) >= 11 is 3.62. The van der Waals surface area contributed by atoms with Crippen LogP contribution in [-0.4, -0.2) is 213 Å². The summed E-state index contributed by atoms with van der Waals surface area (Å²) in [6, 6.07) is 44.5. The van der Waals surface area contributed by atoms with Crippen molar-refractivity contribution in [2.75, 3.05) is 69.3 Å². The van der Waals surface area contributed by atoms with Crippen LogP contribution in [0, 0.1) is 20.8 Å². The molecular weight excluding hydrogens is 1860 g/mol. The van der Waals surface area contributed by atoms with Gasteiger partial charge in [0, 0.05) is 119 Å². The lowest BCUT2D eigenvalue weighted by Gasteiger charge is -2.31. The highest BCUT2D eigenvalue weighted by Crippen LogP contribution is 2.43. The second-order valence-electron chi connectivity index (χ2n) is 36.7. The Morgan fingerprint density at radius 2 is 0.856 bits per heavy atom. The van der Waals surface area contributed by atoms with Crippen LogP contribution in [0.15, 0.2) is 156 Å². The van der Waals surface area contributed by atoms with E-state index >= 15 is 0 Å². The highest BCUT2D eigenvalue weighted by Gasteiger charge is 2.40. The molecule has 0 bridgehead atoms. The third-order valence-electron chi connectivity index (χ3n) is 23.0. The second-order valence-corrected chi connectivity index (χ2v) is 37.6. The number of halogens is 7. The van der Waals surface area contributed by atoms with Crippen molar-refractivity contribution in [2.24, 2.45) is 0 Å². The molecule has 748 valence electrons. The Morgan fingerprint density at radius 3 is 1.17 bits per heavy atom. The maximum Gasteiger partial charge on any atom is 0.490 e. The Kier molecular flexibility index (Phi) is 39.5. The Labute approximate surface area is 819 Å². The SMILES string of the molecule is CC(C)(O)C(C)(C)O.CCC(=O)Cc1cccc(NC2CCn3nnc(C)c3-c3ccc(Br)cc32)c1.CNC(=O)Cc1cccc(NC2CCn3nnc(C)c3-c3ccc(C4=CCN(C(=O)OC(C)(C)C)CC4)cc32)c1.CNC(=O)Cc1cccc(NC2CCn3nnc(C)c3-c3ccc(C4=CCNCC4)cc32)c1.O=C(O)C(F)(F)F.O=C(O)C(F)(F)F.[2H]CC.[B]C1=CCN(C(=O)OC(C)(C)C)CC1. The van der Waals surface area contributed by atoms with Gasteiger partial charge in [-0.3, -0.25) is 14.4 Å². The van der Waals surface area contributed by atoms with Crippen molar-refractivity contribution in [1.82, 2.24) is 70.7 Å². The van der Waals surface area contributed by atoms with E-state index in [0.717, 1.165) is 166 Å². The van der Waals surface area contributed by atoms with Crippen LogP contribution >= 0.6 is 15.9 Å². The molecule has 0 fully saturated rings. The normalized spacial score (nSPS) is 15.9. The first-order chi connectivity index (χ1) is 65.7. The molecule has 3 aromatic heterocycles. The number of nitrogens with zero attached hydrogens (tertiary/aromatic N) is 11. The van der Waals surface area contributed by atoms with Crippen LogP contribution in [0.1, 0.15) is 216 Å². The van der Waals surface area contributed by atoms with Crippen molar-refractivity contribution in [3.05, 3.63) is 217 Å². The predicted molar refractivity (Wildman–Crippen MR) is 529 cm³/mol. The fourth-order valence-corrected chi connectivity index (χ4v) is 15.6. The summed E-state index contributed by atoms with van der Waals surface area (Å²) in [7, 11) is 8.93. The van der Waals surface area contributed by atoms with Gasteiger partial charge >= 0.3 is 36.5 Å². The lowest BCUT2D eigenvalue weighted by Crippen LogP contribution is -2.44. The van der Waals surface area contributed by atoms with Gasteiger partial charge in [0.2, 0.25) is 11.8 Å². The molecule has 9 heterocycles. The van der Waals surface area contributed by atoms with E-state index in [1.165, 1.54) is 39.0 Å². The number of aromatic nitrogens is 9. The number of ketones is 1. The number of amides is 4. The minimum Gasteiger partial charge on any atom is -0.475 e. The number of alkyl halides is 6. The summed E-state index contributed by atoms with van der Waals surface area (Å²) in [6.45, 7) is 34.4. The Hall–Kier alpha value is -12.5. The van der Waals surface area contributed by atoms with Crippen LogP contribution in [-0.2, 0) is 72.3 Å². The molecule has 6 aliphatic rings. The zero-order valence-electron chi connectivity index (χ0n) is 82.8. The number of carbonyl (C=O) groups excluding carboxylic acids is 5. The molecule has 0 saturated carbocycles. The number of fused-ring (bicyclic) bond motifs is 9. The summed E-state index contributed by atoms with van der Waals surface area (Å²) in [5, 5.41) is 78.5. The van der Waals surface area contributed by atoms with Crippen molar-refractivity contribution in [2.45, 2.75) is 247 Å². The molecule has 3 unspecified atom stereocenters. The largest absolute Gasteiger partial charge is 0.490 e. The molecule has 2 radical (unpaired) electrons. The molecule has 6 aliphatic heterocycles. The van der Waals surface area contributed by atoms with Gasteiger partial charge < -0.3 is 71.6 Å². The minimum absolute atomic E-state index is 0.0130. The van der Waals surface area contributed by atoms with Crippen LogP contribution in [0.4, 0.5) is 53.0 Å². The number of likely N-dealkylation sites (N-methyl/N-ethyl adjacent to an activating group) is 2. The number of carboxylic acid groups (broad SMARTS) is 2. The number of benzene rings is 6. The van der Waals surface area contributed by atoms with E-state index < -0.39 is 46.7 Å². The van der Waals surface area contributed by atoms with E-state index in [0.29, 0.717) is 58.8 Å². The van der Waals surface area contributed by atoms with Crippen LogP contribution in [0.3, 0.4) is 0 Å². The smallest absolute Gasteiger partial charge is 0.475 e. The zero-order chi connectivity index (χ0) is 104. The first-order valence-electron chi connectivity index (χ1n) is 46.5. The number of carboxylic acids is 2. The highest BCUT2D eigenvalue weighted by atomic mass is 79.9. The van der Waals surface area contributed by atoms with Gasteiger partial charge in [-0.2, -0.15) is 26.3 Å². The number of ether oxygens (including phenoxy) is 2. The molecule has 4 amide bonds. The molecule has 0 saturated heterocycles. The van der Waals surface area contributed by atoms with Crippen molar-refractivity contribution in [3.8, 4) is 33.8 Å². The molecule has 30 nitrogen and oxygen atoms in total. The minimum atomic E-state index is -5.08. The first kappa shape index (κ1) is 110. The number of aliphatic hydroxyl groups is 2. The second kappa shape index (κ2) is 49.8. The summed E-state index contributed by atoms with van der Waals surface area (Å²) in [5.74, 6) is -5.25. The number of nitrogens with one attached hydrogen (secondary N) is 6. The van der Waals surface area contributed by atoms with Gasteiger partial charge in [-0.05, 0) is 251 Å². The maximum atomic E-state index is 12.6. The van der Waals surface area contributed by atoms with Gasteiger partial charge in [0.1, 0.15) is 24.8 Å². The average molecular weight is 1990 g/mol.